The predicted octanol–water partition coefficient (Wildman–Crippen LogP) is 8.19. The van der Waals surface area contributed by atoms with E-state index >= 15 is 0 Å². The van der Waals surface area contributed by atoms with E-state index in [0.717, 1.165) is 49.3 Å². The molecule has 0 radical (unpaired) electrons. The first-order chi connectivity index (χ1) is 22.7. The van der Waals surface area contributed by atoms with Crippen LogP contribution in [0, 0.1) is 5.41 Å². The van der Waals surface area contributed by atoms with Crippen molar-refractivity contribution in [3.63, 3.8) is 0 Å². The van der Waals surface area contributed by atoms with Crippen molar-refractivity contribution in [2.75, 3.05) is 6.54 Å². The number of carbonyl (C=O) groups is 1. The number of benzene rings is 1. The molecule has 1 saturated heterocycles. The van der Waals surface area contributed by atoms with Gasteiger partial charge < -0.3 is 29.0 Å². The zero-order valence-corrected chi connectivity index (χ0v) is 29.6. The van der Waals surface area contributed by atoms with E-state index in [1.807, 2.05) is 6.20 Å². The van der Waals surface area contributed by atoms with Crippen molar-refractivity contribution in [3.05, 3.63) is 47.2 Å². The number of halogens is 4. The van der Waals surface area contributed by atoms with Gasteiger partial charge in [-0.1, -0.05) is 26.8 Å². The fraction of sp³-hybridized carbons (Fsp3) is 0.667. The van der Waals surface area contributed by atoms with E-state index in [-0.39, 0.29) is 23.5 Å². The molecule has 1 amide bonds. The normalized spacial score (nSPS) is 22.9. The number of hydrogen-bond acceptors (Lipinski definition) is 8. The van der Waals surface area contributed by atoms with Gasteiger partial charge in [0, 0.05) is 30.8 Å². The summed E-state index contributed by atoms with van der Waals surface area (Å²) in [5.74, 6) is -0.433. The van der Waals surface area contributed by atoms with Crippen molar-refractivity contribution < 1.29 is 46.0 Å². The Morgan fingerprint density at radius 2 is 1.69 bits per heavy atom. The Labute approximate surface area is 286 Å². The van der Waals surface area contributed by atoms with Gasteiger partial charge in [0.2, 0.25) is 5.88 Å². The zero-order valence-electron chi connectivity index (χ0n) is 29.6. The highest BCUT2D eigenvalue weighted by Gasteiger charge is 2.52. The Morgan fingerprint density at radius 3 is 2.29 bits per heavy atom. The molecule has 13 heteroatoms. The smallest absolute Gasteiger partial charge is 0.412 e. The Kier molecular flexibility index (Phi) is 10.4. The number of carbonyl (C=O) groups excluding carboxylic acids is 1. The molecular weight excluding hydrogens is 646 g/mol. The van der Waals surface area contributed by atoms with Gasteiger partial charge in [-0.25, -0.2) is 9.78 Å². The molecule has 2 aromatic rings. The van der Waals surface area contributed by atoms with Crippen LogP contribution in [-0.2, 0) is 22.3 Å². The minimum absolute atomic E-state index is 0.0647. The fourth-order valence-corrected chi connectivity index (χ4v) is 7.05. The van der Waals surface area contributed by atoms with Gasteiger partial charge in [0.1, 0.15) is 16.9 Å². The first kappa shape index (κ1) is 36.9. The highest BCUT2D eigenvalue weighted by molar-refractivity contribution is 5.70. The topological polar surface area (TPSA) is 91.4 Å². The minimum Gasteiger partial charge on any atom is -0.471 e. The molecule has 2 aliphatic heterocycles. The second kappa shape index (κ2) is 13.8. The zero-order chi connectivity index (χ0) is 35.9. The van der Waals surface area contributed by atoms with Crippen LogP contribution in [0.1, 0.15) is 104 Å². The summed E-state index contributed by atoms with van der Waals surface area (Å²) in [7, 11) is 0. The van der Waals surface area contributed by atoms with E-state index in [4.69, 9.17) is 19.2 Å². The molecule has 1 aromatic carbocycles. The molecule has 1 saturated carbocycles. The molecule has 3 atom stereocenters. The summed E-state index contributed by atoms with van der Waals surface area (Å²) in [4.78, 5) is 20.0. The van der Waals surface area contributed by atoms with Crippen molar-refractivity contribution in [2.45, 2.75) is 142 Å². The molecule has 5 rings (SSSR count). The first-order valence-corrected chi connectivity index (χ1v) is 16.9. The number of rotatable bonds is 10. The summed E-state index contributed by atoms with van der Waals surface area (Å²) in [6.07, 6.45) is 5.37. The molecule has 49 heavy (non-hydrogen) atoms. The number of nitrogens with one attached hydrogen (secondary N) is 1. The Balaban J connectivity index is 1.45. The molecule has 1 N–H and O–H groups in total. The Hall–Kier alpha value is -3.32. The summed E-state index contributed by atoms with van der Waals surface area (Å²) < 4.78 is 80.3. The van der Waals surface area contributed by atoms with E-state index in [0.29, 0.717) is 18.0 Å². The lowest BCUT2D eigenvalue weighted by Gasteiger charge is -2.47. The Bertz CT molecular complexity index is 1490. The van der Waals surface area contributed by atoms with Gasteiger partial charge in [-0.3, -0.25) is 4.90 Å². The van der Waals surface area contributed by atoms with Crippen LogP contribution in [0.5, 0.6) is 17.4 Å². The van der Waals surface area contributed by atoms with Crippen LogP contribution in [0.2, 0.25) is 0 Å². The van der Waals surface area contributed by atoms with E-state index in [1.165, 1.54) is 17.0 Å². The number of amides is 1. The van der Waals surface area contributed by atoms with E-state index < -0.39 is 54.3 Å². The summed E-state index contributed by atoms with van der Waals surface area (Å²) in [6, 6.07) is 5.29. The third kappa shape index (κ3) is 9.08. The molecule has 272 valence electrons. The maximum absolute atomic E-state index is 13.7. The van der Waals surface area contributed by atoms with Crippen LogP contribution in [0.3, 0.4) is 0 Å². The van der Waals surface area contributed by atoms with Gasteiger partial charge in [0.15, 0.2) is 11.5 Å². The molecule has 1 aromatic heterocycles. The summed E-state index contributed by atoms with van der Waals surface area (Å²) in [5.41, 5.74) is 0.397. The van der Waals surface area contributed by atoms with Gasteiger partial charge in [-0.15, -0.1) is 0 Å². The number of fused-ring (bicyclic) bond motifs is 1. The summed E-state index contributed by atoms with van der Waals surface area (Å²) in [6.45, 7) is 9.19. The lowest BCUT2D eigenvalue weighted by atomic mass is 9.73. The highest BCUT2D eigenvalue weighted by Crippen LogP contribution is 2.49. The molecule has 0 bridgehead atoms. The van der Waals surface area contributed by atoms with Crippen LogP contribution in [-0.4, -0.2) is 64.8 Å². The van der Waals surface area contributed by atoms with Crippen molar-refractivity contribution in [1.82, 2.24) is 15.2 Å². The number of pyridine rings is 1. The highest BCUT2D eigenvalue weighted by atomic mass is 19.3. The maximum atomic E-state index is 13.7. The minimum atomic E-state index is -3.26. The van der Waals surface area contributed by atoms with Crippen LogP contribution >= 0.6 is 0 Å². The third-order valence-corrected chi connectivity index (χ3v) is 9.02. The van der Waals surface area contributed by atoms with Gasteiger partial charge in [-0.05, 0) is 101 Å². The van der Waals surface area contributed by atoms with E-state index in [2.05, 4.69) is 41.6 Å². The quantitative estimate of drug-likeness (QED) is 0.249. The average Bonchev–Trinajstić information content (AvgIpc) is 3.18. The van der Waals surface area contributed by atoms with Gasteiger partial charge in [0.05, 0.1) is 12.1 Å². The van der Waals surface area contributed by atoms with Crippen LogP contribution in [0.15, 0.2) is 30.5 Å². The summed E-state index contributed by atoms with van der Waals surface area (Å²) >= 11 is 0. The SMILES string of the molecule is CC(C)(C)Cc1cnc2c(c1)[C@@H](NC[C@H]1OC(C)(C)N(C(=O)OC(C)(C)C)[C@H]1Cc1ccc(OC(F)F)c(OC(F)F)c1)CC1(CCC1)O2. The van der Waals surface area contributed by atoms with Gasteiger partial charge in [0.25, 0.3) is 0 Å². The fourth-order valence-electron chi connectivity index (χ4n) is 7.05. The second-order valence-corrected chi connectivity index (χ2v) is 16.0. The number of alkyl halides is 4. The number of aromatic nitrogens is 1. The largest absolute Gasteiger partial charge is 0.471 e. The van der Waals surface area contributed by atoms with Crippen molar-refractivity contribution in [1.29, 1.82) is 0 Å². The van der Waals surface area contributed by atoms with Gasteiger partial charge >= 0.3 is 19.3 Å². The van der Waals surface area contributed by atoms with E-state index in [1.54, 1.807) is 34.6 Å². The Morgan fingerprint density at radius 1 is 1.02 bits per heavy atom. The predicted molar refractivity (Wildman–Crippen MR) is 174 cm³/mol. The standard InChI is InChI=1S/C36H49F4N3O6/c1-33(2,3)17-22-14-23-24(18-36(12-9-13-36)48-29(23)42-19-22)41-20-28-25(43(35(7,8)47-28)32(44)49-34(4,5)6)15-21-10-11-26(45-30(37)38)27(16-21)46-31(39)40/h10-11,14,16,19,24-25,28,30-31,41H,9,12-13,15,17-18,20H2,1-8H3/t24-,25-,28+/m0/s1. The second-order valence-electron chi connectivity index (χ2n) is 16.0. The van der Waals surface area contributed by atoms with Crippen LogP contribution < -0.4 is 19.5 Å². The first-order valence-electron chi connectivity index (χ1n) is 16.9. The molecule has 2 fully saturated rings. The molecule has 9 nitrogen and oxygen atoms in total. The van der Waals surface area contributed by atoms with Crippen molar-refractivity contribution in [3.8, 4) is 17.4 Å². The molecule has 1 aliphatic carbocycles. The molecule has 0 unspecified atom stereocenters. The number of ether oxygens (including phenoxy) is 5. The molecule has 3 aliphatic rings. The van der Waals surface area contributed by atoms with Crippen molar-refractivity contribution >= 4 is 6.09 Å². The molecular formula is C36H49F4N3O6. The van der Waals surface area contributed by atoms with Gasteiger partial charge in [-0.2, -0.15) is 17.6 Å². The summed E-state index contributed by atoms with van der Waals surface area (Å²) in [5, 5.41) is 3.71. The molecule has 3 heterocycles. The lowest BCUT2D eigenvalue weighted by molar-refractivity contribution is -0.0799. The lowest BCUT2D eigenvalue weighted by Crippen LogP contribution is -2.52. The third-order valence-electron chi connectivity index (χ3n) is 9.02. The number of nitrogens with zero attached hydrogens (tertiary/aromatic N) is 2. The average molecular weight is 696 g/mol. The monoisotopic (exact) mass is 695 g/mol. The van der Waals surface area contributed by atoms with Crippen molar-refractivity contribution in [2.24, 2.45) is 5.41 Å². The molecule has 1 spiro atoms. The van der Waals surface area contributed by atoms with Crippen LogP contribution in [0.25, 0.3) is 0 Å². The van der Waals surface area contributed by atoms with E-state index in [9.17, 15) is 22.4 Å². The maximum Gasteiger partial charge on any atom is 0.412 e. The van der Waals surface area contributed by atoms with Crippen LogP contribution in [0.4, 0.5) is 22.4 Å². The number of hydrogen-bond donors (Lipinski definition) is 1.